The first-order valence-electron chi connectivity index (χ1n) is 5.49. The zero-order valence-corrected chi connectivity index (χ0v) is 10.2. The number of carbonyl (C=O) groups excluding carboxylic acids is 1. The van der Waals surface area contributed by atoms with Crippen molar-refractivity contribution in [2.45, 2.75) is 13.8 Å². The molecule has 0 saturated carbocycles. The number of Topliss-reactive ketones (excluding diaryl/α,β-unsaturated/α-hetero) is 1. The number of aliphatic hydroxyl groups is 1. The molecular weight excluding hydrogens is 223 g/mol. The molecule has 1 N–H and O–H groups in total. The van der Waals surface area contributed by atoms with E-state index >= 15 is 0 Å². The molecule has 1 rings (SSSR count). The molecule has 4 heteroatoms. The van der Waals surface area contributed by atoms with E-state index in [1.165, 1.54) is 19.2 Å². The van der Waals surface area contributed by atoms with Crippen LogP contribution in [0.1, 0.15) is 24.2 Å². The quantitative estimate of drug-likeness (QED) is 0.803. The largest absolute Gasteiger partial charge is 0.496 e. The van der Waals surface area contributed by atoms with Gasteiger partial charge in [-0.15, -0.1) is 0 Å². The molecule has 0 aromatic heterocycles. The lowest BCUT2D eigenvalue weighted by Gasteiger charge is -2.18. The van der Waals surface area contributed by atoms with E-state index in [1.54, 1.807) is 0 Å². The van der Waals surface area contributed by atoms with E-state index in [1.807, 2.05) is 13.8 Å². The molecule has 0 heterocycles. The average Bonchev–Trinajstić information content (AvgIpc) is 2.29. The number of benzene rings is 1. The van der Waals surface area contributed by atoms with Crippen LogP contribution in [-0.2, 0) is 0 Å². The van der Waals surface area contributed by atoms with Crippen molar-refractivity contribution in [3.8, 4) is 5.75 Å². The second-order valence-electron chi connectivity index (χ2n) is 4.24. The van der Waals surface area contributed by atoms with E-state index < -0.39 is 11.7 Å². The summed E-state index contributed by atoms with van der Waals surface area (Å²) in [6.07, 6.45) is 0. The Morgan fingerprint density at radius 3 is 2.59 bits per heavy atom. The molecule has 0 bridgehead atoms. The summed E-state index contributed by atoms with van der Waals surface area (Å²) < 4.78 is 18.2. The first-order chi connectivity index (χ1) is 8.01. The second kappa shape index (κ2) is 5.77. The molecule has 0 spiro atoms. The average molecular weight is 240 g/mol. The van der Waals surface area contributed by atoms with Crippen molar-refractivity contribution in [2.75, 3.05) is 13.7 Å². The number of ether oxygens (including phenoxy) is 1. The standard InChI is InChI=1S/C13H17FO3/c1-8(2)11(7-15)13(16)10-6-9(14)4-5-12(10)17-3/h4-6,8,11,15H,7H2,1-3H3. The predicted octanol–water partition coefficient (Wildman–Crippen LogP) is 2.28. The number of halogens is 1. The Morgan fingerprint density at radius 1 is 1.47 bits per heavy atom. The summed E-state index contributed by atoms with van der Waals surface area (Å²) in [5.41, 5.74) is 0.181. The number of rotatable bonds is 5. The van der Waals surface area contributed by atoms with Crippen LogP contribution in [0.15, 0.2) is 18.2 Å². The maximum atomic E-state index is 13.1. The molecule has 17 heavy (non-hydrogen) atoms. The molecular formula is C13H17FO3. The lowest BCUT2D eigenvalue weighted by molar-refractivity contribution is 0.0803. The molecule has 0 aliphatic carbocycles. The van der Waals surface area contributed by atoms with Crippen LogP contribution in [0.5, 0.6) is 5.75 Å². The van der Waals surface area contributed by atoms with Gasteiger partial charge in [-0.3, -0.25) is 4.79 Å². The summed E-state index contributed by atoms with van der Waals surface area (Å²) in [4.78, 5) is 12.1. The van der Waals surface area contributed by atoms with Gasteiger partial charge in [-0.25, -0.2) is 4.39 Å². The minimum Gasteiger partial charge on any atom is -0.496 e. The predicted molar refractivity (Wildman–Crippen MR) is 62.7 cm³/mol. The highest BCUT2D eigenvalue weighted by Gasteiger charge is 2.25. The maximum Gasteiger partial charge on any atom is 0.172 e. The highest BCUT2D eigenvalue weighted by molar-refractivity contribution is 6.00. The fourth-order valence-electron chi connectivity index (χ4n) is 1.67. The summed E-state index contributed by atoms with van der Waals surface area (Å²) in [5.74, 6) is -1.00. The van der Waals surface area contributed by atoms with Crippen LogP contribution in [0.25, 0.3) is 0 Å². The lowest BCUT2D eigenvalue weighted by atomic mass is 9.88. The van der Waals surface area contributed by atoms with Crippen LogP contribution in [0, 0.1) is 17.7 Å². The van der Waals surface area contributed by atoms with Gasteiger partial charge in [-0.05, 0) is 24.1 Å². The number of ketones is 1. The van der Waals surface area contributed by atoms with Gasteiger partial charge in [0, 0.05) is 5.92 Å². The second-order valence-corrected chi connectivity index (χ2v) is 4.24. The van der Waals surface area contributed by atoms with E-state index in [0.717, 1.165) is 6.07 Å². The van der Waals surface area contributed by atoms with Gasteiger partial charge in [0.25, 0.3) is 0 Å². The number of aliphatic hydroxyl groups excluding tert-OH is 1. The van der Waals surface area contributed by atoms with E-state index in [0.29, 0.717) is 5.75 Å². The third-order valence-electron chi connectivity index (χ3n) is 2.77. The molecule has 1 atom stereocenters. The van der Waals surface area contributed by atoms with Crippen LogP contribution in [-0.4, -0.2) is 24.6 Å². The van der Waals surface area contributed by atoms with Gasteiger partial charge in [0.2, 0.25) is 0 Å². The van der Waals surface area contributed by atoms with Gasteiger partial charge >= 0.3 is 0 Å². The Bertz CT molecular complexity index is 402. The zero-order valence-electron chi connectivity index (χ0n) is 10.2. The fourth-order valence-corrected chi connectivity index (χ4v) is 1.67. The molecule has 0 saturated heterocycles. The molecule has 1 aromatic carbocycles. The molecule has 0 fully saturated rings. The number of carbonyl (C=O) groups is 1. The first-order valence-corrected chi connectivity index (χ1v) is 5.49. The topological polar surface area (TPSA) is 46.5 Å². The van der Waals surface area contributed by atoms with Crippen molar-refractivity contribution < 1.29 is 19.0 Å². The van der Waals surface area contributed by atoms with Crippen molar-refractivity contribution >= 4 is 5.78 Å². The molecule has 1 unspecified atom stereocenters. The van der Waals surface area contributed by atoms with E-state index in [9.17, 15) is 14.3 Å². The summed E-state index contributed by atoms with van der Waals surface area (Å²) in [6.45, 7) is 3.42. The normalized spacial score (nSPS) is 12.6. The van der Waals surface area contributed by atoms with Gasteiger partial charge < -0.3 is 9.84 Å². The van der Waals surface area contributed by atoms with Crippen molar-refractivity contribution in [1.82, 2.24) is 0 Å². The summed E-state index contributed by atoms with van der Waals surface area (Å²) in [5, 5.41) is 9.21. The van der Waals surface area contributed by atoms with Crippen LogP contribution in [0.2, 0.25) is 0 Å². The monoisotopic (exact) mass is 240 g/mol. The summed E-state index contributed by atoms with van der Waals surface area (Å²) in [7, 11) is 1.42. The van der Waals surface area contributed by atoms with Crippen molar-refractivity contribution in [3.63, 3.8) is 0 Å². The Kier molecular flexibility index (Phi) is 4.63. The molecule has 0 aliphatic rings. The molecule has 0 radical (unpaired) electrons. The highest BCUT2D eigenvalue weighted by atomic mass is 19.1. The van der Waals surface area contributed by atoms with Crippen LogP contribution < -0.4 is 4.74 Å². The van der Waals surface area contributed by atoms with Crippen molar-refractivity contribution in [1.29, 1.82) is 0 Å². The van der Waals surface area contributed by atoms with Gasteiger partial charge in [0.1, 0.15) is 11.6 Å². The summed E-state index contributed by atoms with van der Waals surface area (Å²) in [6, 6.07) is 3.79. The number of hydrogen-bond acceptors (Lipinski definition) is 3. The van der Waals surface area contributed by atoms with Gasteiger partial charge in [0.15, 0.2) is 5.78 Å². The van der Waals surface area contributed by atoms with Crippen LogP contribution in [0.4, 0.5) is 4.39 Å². The number of methoxy groups -OCH3 is 1. The van der Waals surface area contributed by atoms with E-state index in [-0.39, 0.29) is 23.9 Å². The maximum absolute atomic E-state index is 13.1. The fraction of sp³-hybridized carbons (Fsp3) is 0.462. The highest BCUT2D eigenvalue weighted by Crippen LogP contribution is 2.25. The third kappa shape index (κ3) is 3.03. The zero-order chi connectivity index (χ0) is 13.0. The Morgan fingerprint density at radius 2 is 2.12 bits per heavy atom. The molecule has 0 aliphatic heterocycles. The molecule has 94 valence electrons. The van der Waals surface area contributed by atoms with Gasteiger partial charge in [-0.1, -0.05) is 13.8 Å². The first kappa shape index (κ1) is 13.6. The molecule has 1 aromatic rings. The van der Waals surface area contributed by atoms with Gasteiger partial charge in [-0.2, -0.15) is 0 Å². The Labute approximate surface area is 100 Å². The summed E-state index contributed by atoms with van der Waals surface area (Å²) >= 11 is 0. The van der Waals surface area contributed by atoms with Crippen LogP contribution >= 0.6 is 0 Å². The van der Waals surface area contributed by atoms with Crippen LogP contribution in [0.3, 0.4) is 0 Å². The lowest BCUT2D eigenvalue weighted by Crippen LogP contribution is -2.24. The van der Waals surface area contributed by atoms with Crippen molar-refractivity contribution in [3.05, 3.63) is 29.6 Å². The number of hydrogen-bond donors (Lipinski definition) is 1. The van der Waals surface area contributed by atoms with E-state index in [4.69, 9.17) is 4.74 Å². The molecule has 3 nitrogen and oxygen atoms in total. The van der Waals surface area contributed by atoms with Crippen molar-refractivity contribution in [2.24, 2.45) is 11.8 Å². The third-order valence-corrected chi connectivity index (χ3v) is 2.77. The minimum atomic E-state index is -0.536. The smallest absolute Gasteiger partial charge is 0.172 e. The Hall–Kier alpha value is -1.42. The SMILES string of the molecule is COc1ccc(F)cc1C(=O)C(CO)C(C)C. The minimum absolute atomic E-state index is 0.0135. The Balaban J connectivity index is 3.13. The van der Waals surface area contributed by atoms with E-state index in [2.05, 4.69) is 0 Å². The van der Waals surface area contributed by atoms with Gasteiger partial charge in [0.05, 0.1) is 19.3 Å². The molecule has 0 amide bonds.